The Bertz CT molecular complexity index is 750. The summed E-state index contributed by atoms with van der Waals surface area (Å²) in [6.45, 7) is 6.58. The molecule has 2 N–H and O–H groups in total. The Labute approximate surface area is 117 Å². The van der Waals surface area contributed by atoms with Crippen molar-refractivity contribution < 1.29 is 0 Å². The number of hydrogen-bond donors (Lipinski definition) is 1. The van der Waals surface area contributed by atoms with Gasteiger partial charge in [-0.05, 0) is 11.0 Å². The van der Waals surface area contributed by atoms with Crippen molar-refractivity contribution >= 4 is 11.5 Å². The maximum atomic E-state index is 5.69. The molecule has 0 bridgehead atoms. The van der Waals surface area contributed by atoms with Crippen molar-refractivity contribution in [2.24, 2.45) is 0 Å². The maximum absolute atomic E-state index is 5.69. The van der Waals surface area contributed by atoms with E-state index in [-0.39, 0.29) is 5.41 Å². The standard InChI is InChI=1S/C15H17N5/c1-15(2,3)11-6-4-10(5-7-11)13-18-14-17-8-12(16)9-20(14)19-13/h4-9H,16H2,1-3H3. The quantitative estimate of drug-likeness (QED) is 0.736. The molecule has 5 nitrogen and oxygen atoms in total. The molecule has 0 aliphatic rings. The molecule has 0 spiro atoms. The third-order valence-corrected chi connectivity index (χ3v) is 3.22. The summed E-state index contributed by atoms with van der Waals surface area (Å²) < 4.78 is 1.60. The van der Waals surface area contributed by atoms with Gasteiger partial charge in [-0.1, -0.05) is 45.0 Å². The van der Waals surface area contributed by atoms with Crippen LogP contribution in [-0.4, -0.2) is 19.6 Å². The van der Waals surface area contributed by atoms with E-state index in [0.717, 1.165) is 5.56 Å². The number of hydrogen-bond acceptors (Lipinski definition) is 4. The third kappa shape index (κ3) is 2.22. The van der Waals surface area contributed by atoms with E-state index in [0.29, 0.717) is 17.3 Å². The lowest BCUT2D eigenvalue weighted by molar-refractivity contribution is 0.590. The van der Waals surface area contributed by atoms with Crippen LogP contribution in [0.4, 0.5) is 5.69 Å². The highest BCUT2D eigenvalue weighted by atomic mass is 15.3. The van der Waals surface area contributed by atoms with Gasteiger partial charge in [-0.25, -0.2) is 9.50 Å². The lowest BCUT2D eigenvalue weighted by atomic mass is 9.87. The molecule has 0 fully saturated rings. The minimum atomic E-state index is 0.140. The Morgan fingerprint density at radius 3 is 2.45 bits per heavy atom. The summed E-state index contributed by atoms with van der Waals surface area (Å²) in [4.78, 5) is 8.55. The SMILES string of the molecule is CC(C)(C)c1ccc(-c2nc3ncc(N)cn3n2)cc1. The van der Waals surface area contributed by atoms with E-state index in [9.17, 15) is 0 Å². The Morgan fingerprint density at radius 2 is 1.80 bits per heavy atom. The van der Waals surface area contributed by atoms with Gasteiger partial charge in [0.15, 0.2) is 5.82 Å². The van der Waals surface area contributed by atoms with Gasteiger partial charge in [-0.15, -0.1) is 5.10 Å². The number of nitrogen functional groups attached to an aromatic ring is 1. The van der Waals surface area contributed by atoms with Crippen LogP contribution in [0, 0.1) is 0 Å². The van der Waals surface area contributed by atoms with Crippen LogP contribution in [0.15, 0.2) is 36.7 Å². The zero-order valence-electron chi connectivity index (χ0n) is 11.8. The summed E-state index contributed by atoms with van der Waals surface area (Å²) in [6, 6.07) is 8.31. The number of nitrogens with two attached hydrogens (primary N) is 1. The third-order valence-electron chi connectivity index (χ3n) is 3.22. The molecule has 102 valence electrons. The largest absolute Gasteiger partial charge is 0.396 e. The van der Waals surface area contributed by atoms with Crippen molar-refractivity contribution in [1.29, 1.82) is 0 Å². The Kier molecular flexibility index (Phi) is 2.71. The van der Waals surface area contributed by atoms with Gasteiger partial charge >= 0.3 is 0 Å². The molecule has 1 aromatic carbocycles. The number of benzene rings is 1. The molecule has 2 heterocycles. The first-order valence-corrected chi connectivity index (χ1v) is 6.52. The van der Waals surface area contributed by atoms with Crippen LogP contribution in [-0.2, 0) is 5.41 Å². The number of nitrogens with zero attached hydrogens (tertiary/aromatic N) is 4. The summed E-state index contributed by atoms with van der Waals surface area (Å²) in [5.74, 6) is 1.21. The van der Waals surface area contributed by atoms with E-state index in [1.54, 1.807) is 16.9 Å². The monoisotopic (exact) mass is 267 g/mol. The lowest BCUT2D eigenvalue weighted by Gasteiger charge is -2.18. The minimum absolute atomic E-state index is 0.140. The van der Waals surface area contributed by atoms with Crippen LogP contribution in [0.5, 0.6) is 0 Å². The average Bonchev–Trinajstić information content (AvgIpc) is 2.80. The van der Waals surface area contributed by atoms with Crippen molar-refractivity contribution in [3.8, 4) is 11.4 Å². The molecule has 2 aromatic heterocycles. The smallest absolute Gasteiger partial charge is 0.252 e. The maximum Gasteiger partial charge on any atom is 0.252 e. The van der Waals surface area contributed by atoms with Gasteiger partial charge in [0.1, 0.15) is 0 Å². The molecule has 0 saturated carbocycles. The molecule has 0 aliphatic carbocycles. The van der Waals surface area contributed by atoms with E-state index in [1.165, 1.54) is 5.56 Å². The fourth-order valence-corrected chi connectivity index (χ4v) is 2.04. The van der Waals surface area contributed by atoms with E-state index < -0.39 is 0 Å². The van der Waals surface area contributed by atoms with E-state index in [2.05, 4.69) is 48.0 Å². The second-order valence-electron chi connectivity index (χ2n) is 5.89. The molecule has 0 radical (unpaired) electrons. The normalized spacial score (nSPS) is 11.9. The molecular weight excluding hydrogens is 250 g/mol. The van der Waals surface area contributed by atoms with Crippen LogP contribution in [0.2, 0.25) is 0 Å². The first-order valence-electron chi connectivity index (χ1n) is 6.52. The Hall–Kier alpha value is -2.43. The van der Waals surface area contributed by atoms with Crippen LogP contribution in [0.1, 0.15) is 26.3 Å². The fraction of sp³-hybridized carbons (Fsp3) is 0.267. The Balaban J connectivity index is 2.02. The predicted octanol–water partition coefficient (Wildman–Crippen LogP) is 2.67. The van der Waals surface area contributed by atoms with Crippen LogP contribution >= 0.6 is 0 Å². The van der Waals surface area contributed by atoms with Crippen molar-refractivity contribution in [1.82, 2.24) is 19.6 Å². The second-order valence-corrected chi connectivity index (χ2v) is 5.89. The summed E-state index contributed by atoms with van der Waals surface area (Å²) in [5, 5.41) is 4.40. The molecular formula is C15H17N5. The van der Waals surface area contributed by atoms with Gasteiger partial charge < -0.3 is 5.73 Å². The molecule has 3 aromatic rings. The summed E-state index contributed by atoms with van der Waals surface area (Å²) in [7, 11) is 0. The predicted molar refractivity (Wildman–Crippen MR) is 79.3 cm³/mol. The van der Waals surface area contributed by atoms with Crippen molar-refractivity contribution in [2.75, 3.05) is 5.73 Å². The zero-order valence-corrected chi connectivity index (χ0v) is 11.8. The number of fused-ring (bicyclic) bond motifs is 1. The van der Waals surface area contributed by atoms with Gasteiger partial charge in [0.05, 0.1) is 18.1 Å². The Morgan fingerprint density at radius 1 is 1.10 bits per heavy atom. The lowest BCUT2D eigenvalue weighted by Crippen LogP contribution is -2.10. The second kappa shape index (κ2) is 4.30. The van der Waals surface area contributed by atoms with Crippen LogP contribution in [0.3, 0.4) is 0 Å². The van der Waals surface area contributed by atoms with Crippen LogP contribution < -0.4 is 5.73 Å². The highest BCUT2D eigenvalue weighted by Crippen LogP contribution is 2.24. The van der Waals surface area contributed by atoms with Gasteiger partial charge in [0, 0.05) is 5.56 Å². The van der Waals surface area contributed by atoms with Gasteiger partial charge in [0.25, 0.3) is 5.78 Å². The van der Waals surface area contributed by atoms with Crippen molar-refractivity contribution in [3.05, 3.63) is 42.2 Å². The van der Waals surface area contributed by atoms with Crippen LogP contribution in [0.25, 0.3) is 17.2 Å². The molecule has 0 amide bonds. The number of rotatable bonds is 1. The molecule has 0 unspecified atom stereocenters. The van der Waals surface area contributed by atoms with E-state index in [1.807, 2.05) is 12.1 Å². The highest BCUT2D eigenvalue weighted by molar-refractivity contribution is 5.58. The molecule has 20 heavy (non-hydrogen) atoms. The summed E-state index contributed by atoms with van der Waals surface area (Å²) >= 11 is 0. The van der Waals surface area contributed by atoms with Gasteiger partial charge in [0.2, 0.25) is 0 Å². The van der Waals surface area contributed by atoms with Crippen molar-refractivity contribution in [3.63, 3.8) is 0 Å². The average molecular weight is 267 g/mol. The molecule has 0 saturated heterocycles. The first kappa shape index (κ1) is 12.6. The highest BCUT2D eigenvalue weighted by Gasteiger charge is 2.14. The minimum Gasteiger partial charge on any atom is -0.396 e. The van der Waals surface area contributed by atoms with E-state index in [4.69, 9.17) is 5.73 Å². The summed E-state index contributed by atoms with van der Waals surface area (Å²) in [5.41, 5.74) is 8.65. The summed E-state index contributed by atoms with van der Waals surface area (Å²) in [6.07, 6.45) is 3.29. The topological polar surface area (TPSA) is 69.1 Å². The molecule has 3 rings (SSSR count). The van der Waals surface area contributed by atoms with E-state index >= 15 is 0 Å². The van der Waals surface area contributed by atoms with Crippen molar-refractivity contribution in [2.45, 2.75) is 26.2 Å². The van der Waals surface area contributed by atoms with Gasteiger partial charge in [-0.3, -0.25) is 0 Å². The first-order chi connectivity index (χ1) is 9.43. The fourth-order valence-electron chi connectivity index (χ4n) is 2.04. The molecule has 5 heteroatoms. The molecule has 0 atom stereocenters. The number of aromatic nitrogens is 4. The van der Waals surface area contributed by atoms with Gasteiger partial charge in [-0.2, -0.15) is 4.98 Å². The number of anilines is 1. The zero-order chi connectivity index (χ0) is 14.3. The molecule has 0 aliphatic heterocycles.